The Labute approximate surface area is 231 Å². The highest BCUT2D eigenvalue weighted by atomic mass is 16.4. The molecule has 0 saturated carbocycles. The van der Waals surface area contributed by atoms with Crippen molar-refractivity contribution in [3.05, 3.63) is 0 Å². The standard InChI is InChI=1S/C23H41N7O10/c1-10(2)7-14(28-19(35)12(4)26-18(34)11(3)24)21(37)27-13(5-6-17(25)33)20(36)29-15(8-31)22(38)30-16(9-32)23(39)40/h10-16,31-32H,5-9,24H2,1-4H3,(H2,25,33)(H,26,34)(H,27,37)(H,28,35)(H,29,36)(H,30,38)(H,39,40)/p+1/t11-,12-,13-,14-,15-,16-/m0/s1. The van der Waals surface area contributed by atoms with Gasteiger partial charge in [0.2, 0.25) is 29.5 Å². The van der Waals surface area contributed by atoms with Gasteiger partial charge >= 0.3 is 5.97 Å². The van der Waals surface area contributed by atoms with Crippen LogP contribution in [0.1, 0.15) is 47.0 Å². The van der Waals surface area contributed by atoms with Gasteiger partial charge in [-0.1, -0.05) is 13.8 Å². The second-order valence-electron chi connectivity index (χ2n) is 9.71. The fraction of sp³-hybridized carbons (Fsp3) is 0.696. The van der Waals surface area contributed by atoms with Gasteiger partial charge in [-0.15, -0.1) is 0 Å². The van der Waals surface area contributed by atoms with Crippen LogP contribution >= 0.6 is 0 Å². The van der Waals surface area contributed by atoms with Gasteiger partial charge in [0.25, 0.3) is 5.91 Å². The molecule has 13 N–H and O–H groups in total. The number of carbonyl (C=O) groups is 7. The number of primary amides is 1. The highest BCUT2D eigenvalue weighted by Crippen LogP contribution is 2.08. The maximum Gasteiger partial charge on any atom is 0.328 e. The number of hydrogen-bond acceptors (Lipinski definition) is 9. The minimum absolute atomic E-state index is 0.102. The molecule has 228 valence electrons. The molecule has 0 aromatic rings. The first kappa shape index (κ1) is 36.2. The second-order valence-corrected chi connectivity index (χ2v) is 9.71. The number of rotatable bonds is 18. The van der Waals surface area contributed by atoms with Crippen LogP contribution in [0.4, 0.5) is 0 Å². The van der Waals surface area contributed by atoms with Crippen molar-refractivity contribution in [3.63, 3.8) is 0 Å². The van der Waals surface area contributed by atoms with Crippen molar-refractivity contribution >= 4 is 41.4 Å². The molecule has 0 aromatic carbocycles. The fourth-order valence-electron chi connectivity index (χ4n) is 3.17. The van der Waals surface area contributed by atoms with E-state index in [1.807, 2.05) is 5.32 Å². The Morgan fingerprint density at radius 1 is 0.675 bits per heavy atom. The van der Waals surface area contributed by atoms with Crippen LogP contribution < -0.4 is 38.1 Å². The molecule has 0 aliphatic rings. The van der Waals surface area contributed by atoms with E-state index in [4.69, 9.17) is 15.9 Å². The average molecular weight is 577 g/mol. The molecule has 0 bridgehead atoms. The Kier molecular flexibility index (Phi) is 16.0. The molecule has 0 heterocycles. The molecular weight excluding hydrogens is 534 g/mol. The molecule has 0 aromatic heterocycles. The predicted molar refractivity (Wildman–Crippen MR) is 137 cm³/mol. The van der Waals surface area contributed by atoms with Crippen molar-refractivity contribution < 1.29 is 54.6 Å². The summed E-state index contributed by atoms with van der Waals surface area (Å²) in [5, 5.41) is 39.1. The second kappa shape index (κ2) is 17.7. The molecule has 6 amide bonds. The number of aliphatic carboxylic acids is 1. The van der Waals surface area contributed by atoms with Gasteiger partial charge < -0.3 is 53.4 Å². The fourth-order valence-corrected chi connectivity index (χ4v) is 3.17. The van der Waals surface area contributed by atoms with Crippen molar-refractivity contribution in [3.8, 4) is 0 Å². The number of amides is 6. The van der Waals surface area contributed by atoms with Crippen LogP contribution in [-0.2, 0) is 33.6 Å². The zero-order chi connectivity index (χ0) is 31.2. The first-order valence-corrected chi connectivity index (χ1v) is 12.6. The highest BCUT2D eigenvalue weighted by Gasteiger charge is 2.32. The van der Waals surface area contributed by atoms with Crippen LogP contribution in [0.15, 0.2) is 0 Å². The molecule has 17 nitrogen and oxygen atoms in total. The van der Waals surface area contributed by atoms with Crippen molar-refractivity contribution in [2.75, 3.05) is 13.2 Å². The third-order valence-electron chi connectivity index (χ3n) is 5.46. The summed E-state index contributed by atoms with van der Waals surface area (Å²) in [7, 11) is 0. The Morgan fingerprint density at radius 2 is 1.12 bits per heavy atom. The summed E-state index contributed by atoms with van der Waals surface area (Å²) >= 11 is 0. The van der Waals surface area contributed by atoms with Crippen molar-refractivity contribution in [1.82, 2.24) is 26.6 Å². The lowest BCUT2D eigenvalue weighted by Crippen LogP contribution is -2.67. The van der Waals surface area contributed by atoms with Crippen LogP contribution in [-0.4, -0.2) is 106 Å². The number of aliphatic hydroxyl groups is 2. The Bertz CT molecular complexity index is 928. The zero-order valence-corrected chi connectivity index (χ0v) is 23.1. The molecular formula is C23H42N7O10+. The Morgan fingerprint density at radius 3 is 1.57 bits per heavy atom. The summed E-state index contributed by atoms with van der Waals surface area (Å²) in [6, 6.07) is -7.62. The van der Waals surface area contributed by atoms with Gasteiger partial charge in [0.15, 0.2) is 6.04 Å². The summed E-state index contributed by atoms with van der Waals surface area (Å²) in [5.41, 5.74) is 8.73. The van der Waals surface area contributed by atoms with Gasteiger partial charge in [-0.25, -0.2) is 4.79 Å². The Hall–Kier alpha value is -3.83. The monoisotopic (exact) mass is 576 g/mol. The lowest BCUT2D eigenvalue weighted by atomic mass is 10.0. The summed E-state index contributed by atoms with van der Waals surface area (Å²) in [6.45, 7) is 4.59. The summed E-state index contributed by atoms with van der Waals surface area (Å²) in [4.78, 5) is 85.3. The van der Waals surface area contributed by atoms with E-state index in [-0.39, 0.29) is 25.2 Å². The van der Waals surface area contributed by atoms with Crippen LogP contribution in [0.3, 0.4) is 0 Å². The van der Waals surface area contributed by atoms with Crippen molar-refractivity contribution in [2.24, 2.45) is 11.7 Å². The molecule has 0 radical (unpaired) electrons. The number of carboxylic acid groups (broad SMARTS) is 1. The van der Waals surface area contributed by atoms with E-state index in [1.54, 1.807) is 13.8 Å². The van der Waals surface area contributed by atoms with E-state index in [9.17, 15) is 38.7 Å². The molecule has 17 heteroatoms. The molecule has 0 fully saturated rings. The van der Waals surface area contributed by atoms with E-state index >= 15 is 0 Å². The minimum atomic E-state index is -1.70. The van der Waals surface area contributed by atoms with E-state index in [1.165, 1.54) is 13.8 Å². The SMILES string of the molecule is CC(C)C[C@H](NC(=O)[C@H](C)NC(=O)[C@H](C)[NH3+])C(=O)N[C@@H](CCC(N)=O)C(=O)N[C@@H](CO)C(=O)N[C@@H](CO)C(=O)O. The molecule has 0 aliphatic carbocycles. The third kappa shape index (κ3) is 13.3. The lowest BCUT2D eigenvalue weighted by molar-refractivity contribution is -0.398. The number of nitrogens with one attached hydrogen (secondary N) is 5. The number of hydrogen-bond donors (Lipinski definition) is 10. The molecule has 6 atom stereocenters. The molecule has 0 aliphatic heterocycles. The van der Waals surface area contributed by atoms with Gasteiger partial charge in [-0.05, 0) is 32.6 Å². The third-order valence-corrected chi connectivity index (χ3v) is 5.46. The largest absolute Gasteiger partial charge is 0.480 e. The van der Waals surface area contributed by atoms with Gasteiger partial charge in [0.1, 0.15) is 30.2 Å². The normalized spacial score (nSPS) is 15.4. The first-order chi connectivity index (χ1) is 18.5. The van der Waals surface area contributed by atoms with E-state index in [0.29, 0.717) is 0 Å². The number of quaternary nitrogens is 1. The molecule has 0 spiro atoms. The van der Waals surface area contributed by atoms with E-state index in [0.717, 1.165) is 0 Å². The number of carboxylic acids is 1. The average Bonchev–Trinajstić information content (AvgIpc) is 2.86. The topological polar surface area (TPSA) is 294 Å². The van der Waals surface area contributed by atoms with E-state index < -0.39 is 90.9 Å². The summed E-state index contributed by atoms with van der Waals surface area (Å²) in [5.74, 6) is -6.57. The molecule has 40 heavy (non-hydrogen) atoms. The zero-order valence-electron chi connectivity index (χ0n) is 23.1. The van der Waals surface area contributed by atoms with Crippen LogP contribution in [0, 0.1) is 5.92 Å². The maximum atomic E-state index is 13.1. The number of nitrogens with two attached hydrogens (primary N) is 1. The number of carbonyl (C=O) groups excluding carboxylic acids is 6. The van der Waals surface area contributed by atoms with Crippen molar-refractivity contribution in [2.45, 2.75) is 83.2 Å². The van der Waals surface area contributed by atoms with Gasteiger partial charge in [-0.3, -0.25) is 28.8 Å². The summed E-state index contributed by atoms with van der Waals surface area (Å²) < 4.78 is 0. The molecule has 0 unspecified atom stereocenters. The minimum Gasteiger partial charge on any atom is -0.480 e. The van der Waals surface area contributed by atoms with Crippen molar-refractivity contribution in [1.29, 1.82) is 0 Å². The smallest absolute Gasteiger partial charge is 0.328 e. The van der Waals surface area contributed by atoms with Crippen LogP contribution in [0.5, 0.6) is 0 Å². The maximum absolute atomic E-state index is 13.1. The Balaban J connectivity index is 5.72. The van der Waals surface area contributed by atoms with E-state index in [2.05, 4.69) is 27.0 Å². The molecule has 0 rings (SSSR count). The van der Waals surface area contributed by atoms with Gasteiger partial charge in [0.05, 0.1) is 13.2 Å². The molecule has 0 saturated heterocycles. The highest BCUT2D eigenvalue weighted by molar-refractivity contribution is 5.96. The van der Waals surface area contributed by atoms with Gasteiger partial charge in [0, 0.05) is 6.42 Å². The van der Waals surface area contributed by atoms with Gasteiger partial charge in [-0.2, -0.15) is 0 Å². The quantitative estimate of drug-likeness (QED) is 0.0738. The number of aliphatic hydroxyl groups excluding tert-OH is 2. The summed E-state index contributed by atoms with van der Waals surface area (Å²) in [6.07, 6.45) is -0.529. The van der Waals surface area contributed by atoms with Crippen LogP contribution in [0.2, 0.25) is 0 Å². The first-order valence-electron chi connectivity index (χ1n) is 12.6. The predicted octanol–water partition coefficient (Wildman–Crippen LogP) is -5.56. The van der Waals surface area contributed by atoms with Crippen LogP contribution in [0.25, 0.3) is 0 Å². The lowest BCUT2D eigenvalue weighted by Gasteiger charge is -2.26.